The second kappa shape index (κ2) is 10.6. The maximum absolute atomic E-state index is 8.94. The molecule has 0 aliphatic carbocycles. The van der Waals surface area contributed by atoms with E-state index in [1.165, 1.54) is 0 Å². The lowest BCUT2D eigenvalue weighted by molar-refractivity contribution is 0.0180. The van der Waals surface area contributed by atoms with Crippen LogP contribution in [0.1, 0.15) is 0 Å². The predicted octanol–water partition coefficient (Wildman–Crippen LogP) is -0.575. The van der Waals surface area contributed by atoms with Crippen LogP contribution in [0.5, 0.6) is 5.75 Å². The number of benzene rings is 1. The molecular weight excluding hydrogens is 263 g/mol. The number of methoxy groups -OCH3 is 1. The van der Waals surface area contributed by atoms with Crippen LogP contribution in [0.15, 0.2) is 24.3 Å². The van der Waals surface area contributed by atoms with Crippen LogP contribution in [0.2, 0.25) is 0 Å². The smallest absolute Gasteiger partial charge is 0.488 e. The fourth-order valence-electron chi connectivity index (χ4n) is 1.42. The summed E-state index contributed by atoms with van der Waals surface area (Å²) in [7, 11) is 0.177. The molecule has 0 fully saturated rings. The summed E-state index contributed by atoms with van der Waals surface area (Å²) in [6.07, 6.45) is 0. The molecule has 0 heterocycles. The normalized spacial score (nSPS) is 10.6. The van der Waals surface area contributed by atoms with Crippen LogP contribution in [0.3, 0.4) is 0 Å². The largest absolute Gasteiger partial charge is 0.491 e. The SMILES string of the molecule is COCCOCCOCCOc1ccc(B(O)O)cc1. The van der Waals surface area contributed by atoms with E-state index < -0.39 is 7.12 Å². The zero-order chi connectivity index (χ0) is 14.6. The van der Waals surface area contributed by atoms with Gasteiger partial charge in [0.25, 0.3) is 0 Å². The molecule has 7 heteroatoms. The third kappa shape index (κ3) is 7.47. The Labute approximate surface area is 119 Å². The van der Waals surface area contributed by atoms with E-state index in [0.29, 0.717) is 50.9 Å². The predicted molar refractivity (Wildman–Crippen MR) is 75.3 cm³/mol. The maximum Gasteiger partial charge on any atom is 0.488 e. The molecule has 0 saturated carbocycles. The molecule has 0 aromatic heterocycles. The molecule has 0 unspecified atom stereocenters. The summed E-state index contributed by atoms with van der Waals surface area (Å²) < 4.78 is 20.8. The molecule has 20 heavy (non-hydrogen) atoms. The standard InChI is InChI=1S/C13H21BO6/c1-17-6-7-18-8-9-19-10-11-20-13-4-2-12(3-5-13)14(15)16/h2-5,15-16H,6-11H2,1H3. The van der Waals surface area contributed by atoms with E-state index in [9.17, 15) is 0 Å². The van der Waals surface area contributed by atoms with Gasteiger partial charge in [0, 0.05) is 7.11 Å². The first-order valence-corrected chi connectivity index (χ1v) is 6.47. The molecule has 0 spiro atoms. The molecule has 0 atom stereocenters. The van der Waals surface area contributed by atoms with Crippen molar-refractivity contribution in [1.29, 1.82) is 0 Å². The minimum Gasteiger partial charge on any atom is -0.491 e. The van der Waals surface area contributed by atoms with E-state index in [4.69, 9.17) is 29.0 Å². The Balaban J connectivity index is 2.01. The van der Waals surface area contributed by atoms with Crippen LogP contribution in [0.4, 0.5) is 0 Å². The highest BCUT2D eigenvalue weighted by atomic mass is 16.6. The van der Waals surface area contributed by atoms with Gasteiger partial charge >= 0.3 is 7.12 Å². The summed E-state index contributed by atoms with van der Waals surface area (Å²) in [5, 5.41) is 17.9. The number of hydrogen-bond acceptors (Lipinski definition) is 6. The van der Waals surface area contributed by atoms with Gasteiger partial charge in [0.05, 0.1) is 33.0 Å². The van der Waals surface area contributed by atoms with Gasteiger partial charge in [-0.05, 0) is 17.6 Å². The first-order valence-electron chi connectivity index (χ1n) is 6.47. The Morgan fingerprint density at radius 1 is 0.850 bits per heavy atom. The third-order valence-electron chi connectivity index (χ3n) is 2.48. The molecule has 6 nitrogen and oxygen atoms in total. The van der Waals surface area contributed by atoms with Crippen molar-refractivity contribution in [2.24, 2.45) is 0 Å². The van der Waals surface area contributed by atoms with Crippen LogP contribution in [0.25, 0.3) is 0 Å². The van der Waals surface area contributed by atoms with Crippen molar-refractivity contribution in [1.82, 2.24) is 0 Å². The highest BCUT2D eigenvalue weighted by Crippen LogP contribution is 2.07. The van der Waals surface area contributed by atoms with E-state index in [1.807, 2.05) is 0 Å². The topological polar surface area (TPSA) is 77.4 Å². The second-order valence-electron chi connectivity index (χ2n) is 4.01. The zero-order valence-corrected chi connectivity index (χ0v) is 11.7. The van der Waals surface area contributed by atoms with Crippen molar-refractivity contribution in [2.45, 2.75) is 0 Å². The minimum absolute atomic E-state index is 0.430. The molecule has 1 rings (SSSR count). The molecule has 1 aromatic carbocycles. The van der Waals surface area contributed by atoms with Gasteiger partial charge in [0.15, 0.2) is 0 Å². The van der Waals surface area contributed by atoms with E-state index >= 15 is 0 Å². The summed E-state index contributed by atoms with van der Waals surface area (Å²) >= 11 is 0. The lowest BCUT2D eigenvalue weighted by Crippen LogP contribution is -2.29. The fourth-order valence-corrected chi connectivity index (χ4v) is 1.42. The van der Waals surface area contributed by atoms with Crippen molar-refractivity contribution in [2.75, 3.05) is 46.8 Å². The van der Waals surface area contributed by atoms with Gasteiger partial charge in [0.1, 0.15) is 12.4 Å². The summed E-state index contributed by atoms with van der Waals surface area (Å²) in [6, 6.07) is 6.57. The molecular formula is C13H21BO6. The van der Waals surface area contributed by atoms with E-state index in [1.54, 1.807) is 31.4 Å². The van der Waals surface area contributed by atoms with Gasteiger partial charge in [-0.2, -0.15) is 0 Å². The minimum atomic E-state index is -1.45. The van der Waals surface area contributed by atoms with Crippen LogP contribution in [-0.2, 0) is 14.2 Å². The van der Waals surface area contributed by atoms with Gasteiger partial charge in [-0.15, -0.1) is 0 Å². The molecule has 112 valence electrons. The fraction of sp³-hybridized carbons (Fsp3) is 0.538. The highest BCUT2D eigenvalue weighted by Gasteiger charge is 2.09. The Morgan fingerprint density at radius 3 is 1.95 bits per heavy atom. The average Bonchev–Trinajstić information content (AvgIpc) is 2.46. The van der Waals surface area contributed by atoms with E-state index in [0.717, 1.165) is 0 Å². The Morgan fingerprint density at radius 2 is 1.40 bits per heavy atom. The summed E-state index contributed by atoms with van der Waals surface area (Å²) in [6.45, 7) is 3.10. The second-order valence-corrected chi connectivity index (χ2v) is 4.01. The molecule has 2 N–H and O–H groups in total. The summed E-state index contributed by atoms with van der Waals surface area (Å²) in [4.78, 5) is 0. The van der Waals surface area contributed by atoms with Crippen molar-refractivity contribution >= 4 is 12.6 Å². The zero-order valence-electron chi connectivity index (χ0n) is 11.7. The van der Waals surface area contributed by atoms with Gasteiger partial charge in [-0.1, -0.05) is 12.1 Å². The quantitative estimate of drug-likeness (QED) is 0.418. The van der Waals surface area contributed by atoms with Crippen LogP contribution < -0.4 is 10.2 Å². The van der Waals surface area contributed by atoms with Crippen molar-refractivity contribution in [3.05, 3.63) is 24.3 Å². The van der Waals surface area contributed by atoms with Crippen LogP contribution >= 0.6 is 0 Å². The van der Waals surface area contributed by atoms with Gasteiger partial charge in [-0.25, -0.2) is 0 Å². The Kier molecular flexibility index (Phi) is 9.02. The van der Waals surface area contributed by atoms with Gasteiger partial charge in [-0.3, -0.25) is 0 Å². The summed E-state index contributed by atoms with van der Waals surface area (Å²) in [5.41, 5.74) is 0.432. The lowest BCUT2D eigenvalue weighted by Gasteiger charge is -2.08. The Hall–Kier alpha value is -1.12. The monoisotopic (exact) mass is 284 g/mol. The molecule has 0 amide bonds. The molecule has 0 aliphatic rings. The first-order chi connectivity index (χ1) is 9.74. The number of hydrogen-bond donors (Lipinski definition) is 2. The van der Waals surface area contributed by atoms with E-state index in [2.05, 4.69) is 0 Å². The molecule has 1 aromatic rings. The maximum atomic E-state index is 8.94. The molecule has 0 saturated heterocycles. The molecule has 0 aliphatic heterocycles. The summed E-state index contributed by atoms with van der Waals surface area (Å²) in [5.74, 6) is 0.661. The first kappa shape index (κ1) is 16.9. The average molecular weight is 284 g/mol. The van der Waals surface area contributed by atoms with Gasteiger partial charge < -0.3 is 29.0 Å². The Bertz CT molecular complexity index is 343. The van der Waals surface area contributed by atoms with Crippen LogP contribution in [-0.4, -0.2) is 63.9 Å². The molecule has 0 bridgehead atoms. The van der Waals surface area contributed by atoms with Crippen LogP contribution in [0, 0.1) is 0 Å². The highest BCUT2D eigenvalue weighted by molar-refractivity contribution is 6.58. The molecule has 0 radical (unpaired) electrons. The van der Waals surface area contributed by atoms with E-state index in [-0.39, 0.29) is 0 Å². The number of ether oxygens (including phenoxy) is 4. The van der Waals surface area contributed by atoms with Gasteiger partial charge in [0.2, 0.25) is 0 Å². The third-order valence-corrected chi connectivity index (χ3v) is 2.48. The van der Waals surface area contributed by atoms with Crippen molar-refractivity contribution in [3.63, 3.8) is 0 Å². The van der Waals surface area contributed by atoms with Crippen molar-refractivity contribution in [3.8, 4) is 5.75 Å². The lowest BCUT2D eigenvalue weighted by atomic mass is 9.80. The number of rotatable bonds is 11. The van der Waals surface area contributed by atoms with Crippen molar-refractivity contribution < 1.29 is 29.0 Å².